The number of amides is 1. The summed E-state index contributed by atoms with van der Waals surface area (Å²) in [5.41, 5.74) is -0.435. The lowest BCUT2D eigenvalue weighted by atomic mass is 9.93. The van der Waals surface area contributed by atoms with Gasteiger partial charge in [-0.3, -0.25) is 0 Å². The monoisotopic (exact) mass is 351 g/mol. The molecular formula is C20H37N3O2. The Balaban J connectivity index is 1.51. The first-order chi connectivity index (χ1) is 11.9. The molecule has 1 aliphatic carbocycles. The number of piperidine rings is 1. The Bertz CT molecular complexity index is 443. The Kier molecular flexibility index (Phi) is 6.26. The molecular weight excluding hydrogens is 314 g/mol. The minimum Gasteiger partial charge on any atom is -0.444 e. The van der Waals surface area contributed by atoms with Crippen molar-refractivity contribution in [3.8, 4) is 0 Å². The van der Waals surface area contributed by atoms with Gasteiger partial charge in [0, 0.05) is 24.7 Å². The Morgan fingerprint density at radius 1 is 1.12 bits per heavy atom. The molecule has 0 bridgehead atoms. The molecule has 1 saturated carbocycles. The molecule has 3 fully saturated rings. The van der Waals surface area contributed by atoms with Gasteiger partial charge < -0.3 is 20.3 Å². The summed E-state index contributed by atoms with van der Waals surface area (Å²) in [5.74, 6) is 0.691. The molecule has 2 heterocycles. The van der Waals surface area contributed by atoms with E-state index in [9.17, 15) is 4.79 Å². The van der Waals surface area contributed by atoms with Crippen molar-refractivity contribution in [1.82, 2.24) is 15.5 Å². The lowest BCUT2D eigenvalue weighted by molar-refractivity contribution is 0.0514. The zero-order chi connectivity index (χ0) is 17.9. The normalized spacial score (nSPS) is 29.4. The predicted molar refractivity (Wildman–Crippen MR) is 101 cm³/mol. The largest absolute Gasteiger partial charge is 0.444 e. The van der Waals surface area contributed by atoms with Gasteiger partial charge in [-0.05, 0) is 78.3 Å². The molecule has 0 spiro atoms. The van der Waals surface area contributed by atoms with Crippen LogP contribution in [0.2, 0.25) is 0 Å². The number of carbonyl (C=O) groups is 1. The molecule has 0 aromatic rings. The zero-order valence-electron chi connectivity index (χ0n) is 16.4. The van der Waals surface area contributed by atoms with Crippen molar-refractivity contribution in [2.24, 2.45) is 5.92 Å². The summed E-state index contributed by atoms with van der Waals surface area (Å²) < 4.78 is 5.41. The van der Waals surface area contributed by atoms with Crippen LogP contribution in [0, 0.1) is 5.92 Å². The molecule has 2 aliphatic heterocycles. The van der Waals surface area contributed by atoms with E-state index in [1.54, 1.807) is 0 Å². The van der Waals surface area contributed by atoms with Crippen LogP contribution in [-0.4, -0.2) is 54.4 Å². The Hall–Kier alpha value is -0.810. The van der Waals surface area contributed by atoms with Crippen LogP contribution >= 0.6 is 0 Å². The maximum Gasteiger partial charge on any atom is 0.407 e. The zero-order valence-corrected chi connectivity index (χ0v) is 16.4. The number of carbonyl (C=O) groups excluding carboxylic acids is 1. The van der Waals surface area contributed by atoms with Crippen molar-refractivity contribution < 1.29 is 9.53 Å². The van der Waals surface area contributed by atoms with E-state index in [1.165, 1.54) is 64.5 Å². The minimum absolute atomic E-state index is 0.289. The summed E-state index contributed by atoms with van der Waals surface area (Å²) in [5, 5.41) is 6.95. The van der Waals surface area contributed by atoms with Crippen LogP contribution in [0.1, 0.15) is 72.1 Å². The number of alkyl carbamates (subject to hydrolysis) is 1. The molecule has 3 unspecified atom stereocenters. The second-order valence-corrected chi connectivity index (χ2v) is 9.25. The molecule has 0 radical (unpaired) electrons. The topological polar surface area (TPSA) is 53.6 Å². The van der Waals surface area contributed by atoms with Gasteiger partial charge in [0.1, 0.15) is 5.60 Å². The van der Waals surface area contributed by atoms with Gasteiger partial charge in [0.15, 0.2) is 0 Å². The summed E-state index contributed by atoms with van der Waals surface area (Å²) in [7, 11) is 0. The average molecular weight is 352 g/mol. The SMILES string of the molecule is CC(C)(C)OC(=O)NCC(NC1CCN2CCCC2C1)C1CCCC1. The van der Waals surface area contributed by atoms with E-state index >= 15 is 0 Å². The van der Waals surface area contributed by atoms with Crippen LogP contribution in [0.3, 0.4) is 0 Å². The predicted octanol–water partition coefficient (Wildman–Crippen LogP) is 3.29. The summed E-state index contributed by atoms with van der Waals surface area (Å²) in [4.78, 5) is 14.7. The molecule has 5 nitrogen and oxygen atoms in total. The number of rotatable bonds is 5. The standard InChI is InChI=1S/C20H37N3O2/c1-20(2,3)25-19(24)21-14-18(15-7-4-5-8-15)22-16-10-12-23-11-6-9-17(23)13-16/h15-18,22H,4-14H2,1-3H3,(H,21,24). The van der Waals surface area contributed by atoms with Crippen LogP contribution < -0.4 is 10.6 Å². The summed E-state index contributed by atoms with van der Waals surface area (Å²) in [6.45, 7) is 8.95. The maximum atomic E-state index is 12.1. The van der Waals surface area contributed by atoms with Gasteiger partial charge in [0.25, 0.3) is 0 Å². The summed E-state index contributed by atoms with van der Waals surface area (Å²) in [6, 6.07) is 1.77. The van der Waals surface area contributed by atoms with Gasteiger partial charge in [-0.25, -0.2) is 4.79 Å². The third kappa shape index (κ3) is 5.58. The third-order valence-electron chi connectivity index (χ3n) is 6.10. The lowest BCUT2D eigenvalue weighted by Gasteiger charge is -2.38. The van der Waals surface area contributed by atoms with E-state index in [-0.39, 0.29) is 6.09 Å². The molecule has 1 amide bonds. The van der Waals surface area contributed by atoms with Crippen molar-refractivity contribution in [2.45, 2.75) is 95.9 Å². The van der Waals surface area contributed by atoms with E-state index < -0.39 is 5.60 Å². The van der Waals surface area contributed by atoms with Crippen LogP contribution in [0.25, 0.3) is 0 Å². The number of fused-ring (bicyclic) bond motifs is 1. The molecule has 25 heavy (non-hydrogen) atoms. The van der Waals surface area contributed by atoms with E-state index in [1.807, 2.05) is 20.8 Å². The van der Waals surface area contributed by atoms with Gasteiger partial charge >= 0.3 is 6.09 Å². The number of hydrogen-bond acceptors (Lipinski definition) is 4. The molecule has 2 saturated heterocycles. The van der Waals surface area contributed by atoms with Gasteiger partial charge in [-0.1, -0.05) is 12.8 Å². The molecule has 2 N–H and O–H groups in total. The van der Waals surface area contributed by atoms with Crippen LogP contribution in [-0.2, 0) is 4.74 Å². The molecule has 3 rings (SSSR count). The van der Waals surface area contributed by atoms with E-state index in [0.29, 0.717) is 24.5 Å². The molecule has 144 valence electrons. The van der Waals surface area contributed by atoms with E-state index in [4.69, 9.17) is 4.74 Å². The fraction of sp³-hybridized carbons (Fsp3) is 0.950. The fourth-order valence-electron chi connectivity index (χ4n) is 4.91. The van der Waals surface area contributed by atoms with Crippen LogP contribution in [0.15, 0.2) is 0 Å². The number of nitrogens with zero attached hydrogens (tertiary/aromatic N) is 1. The highest BCUT2D eigenvalue weighted by atomic mass is 16.6. The number of ether oxygens (including phenoxy) is 1. The van der Waals surface area contributed by atoms with Crippen LogP contribution in [0.4, 0.5) is 4.79 Å². The fourth-order valence-corrected chi connectivity index (χ4v) is 4.91. The first-order valence-electron chi connectivity index (χ1n) is 10.4. The second-order valence-electron chi connectivity index (χ2n) is 9.25. The van der Waals surface area contributed by atoms with Crippen molar-refractivity contribution in [2.75, 3.05) is 19.6 Å². The molecule has 5 heteroatoms. The summed E-state index contributed by atoms with van der Waals surface area (Å²) >= 11 is 0. The van der Waals surface area contributed by atoms with Gasteiger partial charge in [0.05, 0.1) is 0 Å². The Morgan fingerprint density at radius 3 is 2.60 bits per heavy atom. The Morgan fingerprint density at radius 2 is 1.88 bits per heavy atom. The Labute approximate surface area is 153 Å². The highest BCUT2D eigenvalue weighted by Crippen LogP contribution is 2.30. The van der Waals surface area contributed by atoms with Crippen molar-refractivity contribution in [3.05, 3.63) is 0 Å². The smallest absolute Gasteiger partial charge is 0.407 e. The van der Waals surface area contributed by atoms with Crippen molar-refractivity contribution in [1.29, 1.82) is 0 Å². The highest BCUT2D eigenvalue weighted by molar-refractivity contribution is 5.67. The summed E-state index contributed by atoms with van der Waals surface area (Å²) in [6.07, 6.45) is 10.2. The molecule has 3 aliphatic rings. The average Bonchev–Trinajstić information content (AvgIpc) is 3.20. The number of nitrogens with one attached hydrogen (secondary N) is 2. The van der Waals surface area contributed by atoms with E-state index in [2.05, 4.69) is 15.5 Å². The van der Waals surface area contributed by atoms with Crippen molar-refractivity contribution >= 4 is 6.09 Å². The maximum absolute atomic E-state index is 12.1. The first-order valence-corrected chi connectivity index (χ1v) is 10.4. The molecule has 0 aromatic heterocycles. The molecule has 0 aromatic carbocycles. The van der Waals surface area contributed by atoms with Gasteiger partial charge in [0.2, 0.25) is 0 Å². The highest BCUT2D eigenvalue weighted by Gasteiger charge is 2.34. The van der Waals surface area contributed by atoms with Crippen molar-refractivity contribution in [3.63, 3.8) is 0 Å². The minimum atomic E-state index is -0.435. The van der Waals surface area contributed by atoms with Gasteiger partial charge in [-0.2, -0.15) is 0 Å². The lowest BCUT2D eigenvalue weighted by Crippen LogP contribution is -2.53. The second kappa shape index (κ2) is 8.26. The quantitative estimate of drug-likeness (QED) is 0.798. The van der Waals surface area contributed by atoms with E-state index in [0.717, 1.165) is 6.04 Å². The molecule has 3 atom stereocenters. The third-order valence-corrected chi connectivity index (χ3v) is 6.10. The first kappa shape index (κ1) is 19.0. The van der Waals surface area contributed by atoms with Gasteiger partial charge in [-0.15, -0.1) is 0 Å². The van der Waals surface area contributed by atoms with Crippen LogP contribution in [0.5, 0.6) is 0 Å². The number of hydrogen-bond donors (Lipinski definition) is 2.